The Kier molecular flexibility index (Phi) is 6.64. The van der Waals surface area contributed by atoms with Crippen molar-refractivity contribution in [3.63, 3.8) is 0 Å². The van der Waals surface area contributed by atoms with Crippen LogP contribution in [0.1, 0.15) is 26.2 Å². The predicted molar refractivity (Wildman–Crippen MR) is 52.6 cm³/mol. The fraction of sp³-hybridized carbons (Fsp3) is 0.778. The van der Waals surface area contributed by atoms with Gasteiger partial charge in [-0.1, -0.05) is 0 Å². The van der Waals surface area contributed by atoms with Gasteiger partial charge in [-0.3, -0.25) is 9.59 Å². The molecule has 0 fully saturated rings. The van der Waals surface area contributed by atoms with E-state index in [0.717, 1.165) is 0 Å². The Labute approximate surface area is 87.9 Å². The molecule has 4 N–H and O–H groups in total. The first-order chi connectivity index (χ1) is 6.93. The Balaban J connectivity index is 3.84. The summed E-state index contributed by atoms with van der Waals surface area (Å²) >= 11 is 0. The van der Waals surface area contributed by atoms with E-state index >= 15 is 0 Å². The molecule has 0 aromatic rings. The van der Waals surface area contributed by atoms with E-state index in [4.69, 9.17) is 15.3 Å². The van der Waals surface area contributed by atoms with E-state index in [1.54, 1.807) is 6.92 Å². The predicted octanol–water partition coefficient (Wildman–Crippen LogP) is -0.335. The zero-order valence-electron chi connectivity index (χ0n) is 8.64. The van der Waals surface area contributed by atoms with Gasteiger partial charge in [0, 0.05) is 6.42 Å². The van der Waals surface area contributed by atoms with Crippen molar-refractivity contribution in [2.75, 3.05) is 6.54 Å². The number of nitrogens with one attached hydrogen (secondary N) is 1. The Bertz CT molecular complexity index is 217. The lowest BCUT2D eigenvalue weighted by atomic mass is 10.1. The highest BCUT2D eigenvalue weighted by molar-refractivity contribution is 5.75. The lowest BCUT2D eigenvalue weighted by molar-refractivity contribution is -0.140. The van der Waals surface area contributed by atoms with Gasteiger partial charge in [0.25, 0.3) is 0 Å². The molecular weight excluding hydrogens is 202 g/mol. The summed E-state index contributed by atoms with van der Waals surface area (Å²) in [4.78, 5) is 20.9. The van der Waals surface area contributed by atoms with Crippen LogP contribution < -0.4 is 5.32 Å². The van der Waals surface area contributed by atoms with E-state index in [-0.39, 0.29) is 12.8 Å². The minimum Gasteiger partial charge on any atom is -0.481 e. The molecule has 0 bridgehead atoms. The highest BCUT2D eigenvalue weighted by Crippen LogP contribution is 1.98. The second-order valence-electron chi connectivity index (χ2n) is 3.42. The largest absolute Gasteiger partial charge is 0.481 e. The van der Waals surface area contributed by atoms with E-state index in [9.17, 15) is 9.59 Å². The number of aliphatic hydroxyl groups is 1. The van der Waals surface area contributed by atoms with Gasteiger partial charge < -0.3 is 20.6 Å². The first-order valence-corrected chi connectivity index (χ1v) is 4.79. The summed E-state index contributed by atoms with van der Waals surface area (Å²) in [6, 6.07) is -0.861. The summed E-state index contributed by atoms with van der Waals surface area (Å²) in [6.45, 7) is 1.96. The van der Waals surface area contributed by atoms with Crippen molar-refractivity contribution in [1.82, 2.24) is 5.32 Å². The summed E-state index contributed by atoms with van der Waals surface area (Å²) in [5.74, 6) is -2.08. The monoisotopic (exact) mass is 219 g/mol. The third-order valence-electron chi connectivity index (χ3n) is 1.90. The molecule has 0 amide bonds. The van der Waals surface area contributed by atoms with Crippen molar-refractivity contribution in [1.29, 1.82) is 0 Å². The van der Waals surface area contributed by atoms with Crippen molar-refractivity contribution < 1.29 is 24.9 Å². The molecule has 0 aliphatic carbocycles. The van der Waals surface area contributed by atoms with Gasteiger partial charge in [-0.25, -0.2) is 0 Å². The number of carbonyl (C=O) groups is 2. The van der Waals surface area contributed by atoms with Crippen molar-refractivity contribution >= 4 is 11.9 Å². The lowest BCUT2D eigenvalue weighted by Gasteiger charge is -2.13. The number of carboxylic acids is 2. The van der Waals surface area contributed by atoms with E-state index in [2.05, 4.69) is 5.32 Å². The molecule has 0 saturated heterocycles. The quantitative estimate of drug-likeness (QED) is 0.445. The first kappa shape index (κ1) is 13.9. The van der Waals surface area contributed by atoms with E-state index < -0.39 is 24.1 Å². The molecular formula is C9H17NO5. The number of aliphatic carboxylic acids is 2. The molecule has 0 spiro atoms. The van der Waals surface area contributed by atoms with Gasteiger partial charge in [-0.2, -0.15) is 0 Å². The van der Waals surface area contributed by atoms with Crippen LogP contribution in [0.4, 0.5) is 0 Å². The fourth-order valence-electron chi connectivity index (χ4n) is 1.05. The zero-order chi connectivity index (χ0) is 11.8. The molecule has 0 saturated carbocycles. The maximum absolute atomic E-state index is 10.7. The molecule has 88 valence electrons. The average molecular weight is 219 g/mol. The Morgan fingerprint density at radius 3 is 2.27 bits per heavy atom. The molecule has 0 aliphatic heterocycles. The average Bonchev–Trinajstić information content (AvgIpc) is 2.09. The zero-order valence-corrected chi connectivity index (χ0v) is 8.64. The third kappa shape index (κ3) is 7.90. The second kappa shape index (κ2) is 7.19. The highest BCUT2D eigenvalue weighted by Gasteiger charge is 2.17. The van der Waals surface area contributed by atoms with Gasteiger partial charge in [0.05, 0.1) is 6.10 Å². The van der Waals surface area contributed by atoms with E-state index in [1.165, 1.54) is 0 Å². The van der Waals surface area contributed by atoms with Gasteiger partial charge in [0.15, 0.2) is 0 Å². The highest BCUT2D eigenvalue weighted by atomic mass is 16.4. The topological polar surface area (TPSA) is 107 Å². The van der Waals surface area contributed by atoms with Gasteiger partial charge >= 0.3 is 11.9 Å². The first-order valence-electron chi connectivity index (χ1n) is 4.79. The smallest absolute Gasteiger partial charge is 0.320 e. The molecule has 0 radical (unpaired) electrons. The van der Waals surface area contributed by atoms with Gasteiger partial charge in [0.1, 0.15) is 6.04 Å². The van der Waals surface area contributed by atoms with Crippen molar-refractivity contribution in [2.45, 2.75) is 38.3 Å². The van der Waals surface area contributed by atoms with Crippen molar-refractivity contribution in [2.24, 2.45) is 0 Å². The Morgan fingerprint density at radius 1 is 1.27 bits per heavy atom. The van der Waals surface area contributed by atoms with E-state index in [0.29, 0.717) is 13.0 Å². The normalized spacial score (nSPS) is 14.5. The van der Waals surface area contributed by atoms with Crippen LogP contribution in [0.5, 0.6) is 0 Å². The summed E-state index contributed by atoms with van der Waals surface area (Å²) in [6.07, 6.45) is -0.189. The van der Waals surface area contributed by atoms with Crippen molar-refractivity contribution in [3.05, 3.63) is 0 Å². The summed E-state index contributed by atoms with van der Waals surface area (Å²) in [5.41, 5.74) is 0. The van der Waals surface area contributed by atoms with Crippen LogP contribution in [0, 0.1) is 0 Å². The molecule has 0 heterocycles. The number of hydrogen-bond donors (Lipinski definition) is 4. The molecule has 2 atom stereocenters. The number of carboxylic acid groups (broad SMARTS) is 2. The maximum atomic E-state index is 10.7. The molecule has 15 heavy (non-hydrogen) atoms. The van der Waals surface area contributed by atoms with Gasteiger partial charge in [-0.05, 0) is 26.3 Å². The Morgan fingerprint density at radius 2 is 1.87 bits per heavy atom. The summed E-state index contributed by atoms with van der Waals surface area (Å²) in [7, 11) is 0. The summed E-state index contributed by atoms with van der Waals surface area (Å²) < 4.78 is 0. The summed E-state index contributed by atoms with van der Waals surface area (Å²) in [5, 5.41) is 28.8. The van der Waals surface area contributed by atoms with E-state index in [1.807, 2.05) is 0 Å². The lowest BCUT2D eigenvalue weighted by Crippen LogP contribution is -2.38. The minimum absolute atomic E-state index is 0.0461. The molecule has 0 aromatic carbocycles. The number of hydrogen-bond acceptors (Lipinski definition) is 4. The Hall–Kier alpha value is -1.14. The molecule has 6 heteroatoms. The molecule has 0 aliphatic rings. The molecule has 6 nitrogen and oxygen atoms in total. The van der Waals surface area contributed by atoms with Gasteiger partial charge in [-0.15, -0.1) is 0 Å². The van der Waals surface area contributed by atoms with Crippen LogP contribution in [-0.2, 0) is 9.59 Å². The molecule has 0 aromatic heterocycles. The second-order valence-corrected chi connectivity index (χ2v) is 3.42. The van der Waals surface area contributed by atoms with Crippen LogP contribution in [-0.4, -0.2) is 45.9 Å². The van der Waals surface area contributed by atoms with Crippen LogP contribution >= 0.6 is 0 Å². The van der Waals surface area contributed by atoms with Crippen LogP contribution in [0.2, 0.25) is 0 Å². The maximum Gasteiger partial charge on any atom is 0.320 e. The minimum atomic E-state index is -1.07. The third-order valence-corrected chi connectivity index (χ3v) is 1.90. The molecule has 0 rings (SSSR count). The molecule has 1 unspecified atom stereocenters. The standard InChI is InChI=1S/C9H17NO5/c1-6(11)4-5-10-7(9(14)15)2-3-8(12)13/h6-7,10-11H,2-5H2,1H3,(H,12,13)(H,14,15)/t6?,7-/m0/s1. The SMILES string of the molecule is CC(O)CCN[C@@H](CCC(=O)O)C(=O)O. The number of rotatable bonds is 8. The fourth-order valence-corrected chi connectivity index (χ4v) is 1.05. The van der Waals surface area contributed by atoms with Gasteiger partial charge in [0.2, 0.25) is 0 Å². The van der Waals surface area contributed by atoms with Crippen LogP contribution in [0.15, 0.2) is 0 Å². The van der Waals surface area contributed by atoms with Crippen molar-refractivity contribution in [3.8, 4) is 0 Å². The van der Waals surface area contributed by atoms with Crippen LogP contribution in [0.3, 0.4) is 0 Å². The number of aliphatic hydroxyl groups excluding tert-OH is 1. The van der Waals surface area contributed by atoms with Crippen LogP contribution in [0.25, 0.3) is 0 Å².